The van der Waals surface area contributed by atoms with E-state index in [2.05, 4.69) is 38.1 Å². The van der Waals surface area contributed by atoms with E-state index in [1.54, 1.807) is 7.11 Å². The Kier molecular flexibility index (Phi) is 3.48. The predicted octanol–water partition coefficient (Wildman–Crippen LogP) is 2.45. The standard InChI is InChI=1S/C19H24N4O2/c1-12-20-19(21-25-12)23-11-16(14-4-3-5-15(10-14)24-2)18-17(23)13-6-8-22(18)9-7-13/h3-5,10,13,16-18H,6-9,11H2,1-2H3/t16-,17+,18+/m0/s1. The van der Waals surface area contributed by atoms with Crippen LogP contribution in [0.3, 0.4) is 0 Å². The maximum atomic E-state index is 5.46. The van der Waals surface area contributed by atoms with Crippen LogP contribution in [0, 0.1) is 12.8 Å². The summed E-state index contributed by atoms with van der Waals surface area (Å²) in [4.78, 5) is 9.62. The molecule has 2 bridgehead atoms. The molecule has 1 aromatic carbocycles. The Morgan fingerprint density at radius 3 is 2.76 bits per heavy atom. The second kappa shape index (κ2) is 5.73. The Hall–Kier alpha value is -2.08. The third-order valence-corrected chi connectivity index (χ3v) is 6.29. The summed E-state index contributed by atoms with van der Waals surface area (Å²) in [5, 5.41) is 4.23. The zero-order valence-electron chi connectivity index (χ0n) is 14.8. The van der Waals surface area contributed by atoms with Crippen LogP contribution >= 0.6 is 0 Å². The van der Waals surface area contributed by atoms with Gasteiger partial charge in [0, 0.05) is 25.4 Å². The molecule has 0 N–H and O–H groups in total. The average molecular weight is 340 g/mol. The number of aromatic nitrogens is 2. The highest BCUT2D eigenvalue weighted by Crippen LogP contribution is 2.47. The van der Waals surface area contributed by atoms with Gasteiger partial charge in [0.2, 0.25) is 5.89 Å². The molecule has 6 rings (SSSR count). The molecule has 6 nitrogen and oxygen atoms in total. The summed E-state index contributed by atoms with van der Waals surface area (Å²) in [5.41, 5.74) is 1.35. The lowest BCUT2D eigenvalue weighted by molar-refractivity contribution is 0.0352. The fraction of sp³-hybridized carbons (Fsp3) is 0.579. The van der Waals surface area contributed by atoms with Crippen LogP contribution in [0.4, 0.5) is 5.95 Å². The first-order chi connectivity index (χ1) is 12.2. The molecular formula is C19H24N4O2. The van der Waals surface area contributed by atoms with E-state index in [4.69, 9.17) is 9.26 Å². The molecule has 25 heavy (non-hydrogen) atoms. The number of benzene rings is 1. The van der Waals surface area contributed by atoms with E-state index in [0.717, 1.165) is 24.2 Å². The Morgan fingerprint density at radius 1 is 1.20 bits per heavy atom. The molecule has 0 aliphatic carbocycles. The van der Waals surface area contributed by atoms with E-state index >= 15 is 0 Å². The van der Waals surface area contributed by atoms with Gasteiger partial charge in [-0.25, -0.2) is 0 Å². The lowest BCUT2D eigenvalue weighted by Gasteiger charge is -2.51. The van der Waals surface area contributed by atoms with Gasteiger partial charge in [0.25, 0.3) is 5.95 Å². The molecule has 4 aliphatic rings. The highest BCUT2D eigenvalue weighted by atomic mass is 16.5. The second-order valence-corrected chi connectivity index (χ2v) is 7.50. The Morgan fingerprint density at radius 2 is 2.04 bits per heavy atom. The van der Waals surface area contributed by atoms with Crippen molar-refractivity contribution in [1.29, 1.82) is 0 Å². The SMILES string of the molecule is COc1cccc([C@@H]2CN(c3noc(C)n3)[C@@H]3C4CCN(CC4)[C@@H]32)c1. The zero-order valence-corrected chi connectivity index (χ0v) is 14.8. The summed E-state index contributed by atoms with van der Waals surface area (Å²) in [5.74, 6) is 3.49. The van der Waals surface area contributed by atoms with Gasteiger partial charge >= 0.3 is 0 Å². The molecule has 0 saturated carbocycles. The van der Waals surface area contributed by atoms with Crippen molar-refractivity contribution in [3.05, 3.63) is 35.7 Å². The normalized spacial score (nSPS) is 33.5. The quantitative estimate of drug-likeness (QED) is 0.855. The number of aryl methyl sites for hydroxylation is 1. The molecule has 4 saturated heterocycles. The molecule has 6 heteroatoms. The maximum Gasteiger partial charge on any atom is 0.266 e. The van der Waals surface area contributed by atoms with Crippen molar-refractivity contribution in [2.24, 2.45) is 5.92 Å². The largest absolute Gasteiger partial charge is 0.497 e. The highest BCUT2D eigenvalue weighted by molar-refractivity contribution is 5.43. The summed E-state index contributed by atoms with van der Waals surface area (Å²) in [6.45, 7) is 5.23. The molecule has 4 aliphatic heterocycles. The molecule has 2 aromatic rings. The van der Waals surface area contributed by atoms with Gasteiger partial charge in [0.05, 0.1) is 13.2 Å². The van der Waals surface area contributed by atoms with Crippen LogP contribution in [-0.4, -0.2) is 53.9 Å². The van der Waals surface area contributed by atoms with Gasteiger partial charge in [0.1, 0.15) is 5.75 Å². The number of piperidine rings is 3. The van der Waals surface area contributed by atoms with Gasteiger partial charge in [-0.3, -0.25) is 4.90 Å². The number of hydrogen-bond donors (Lipinski definition) is 0. The van der Waals surface area contributed by atoms with Gasteiger partial charge in [-0.1, -0.05) is 12.1 Å². The van der Waals surface area contributed by atoms with E-state index in [1.165, 1.54) is 31.5 Å². The smallest absolute Gasteiger partial charge is 0.266 e. The molecule has 3 atom stereocenters. The molecule has 5 heterocycles. The molecule has 0 radical (unpaired) electrons. The summed E-state index contributed by atoms with van der Waals surface area (Å²) in [6.07, 6.45) is 2.55. The third-order valence-electron chi connectivity index (χ3n) is 6.29. The second-order valence-electron chi connectivity index (χ2n) is 7.50. The molecule has 4 fully saturated rings. The van der Waals surface area contributed by atoms with Crippen LogP contribution in [0.5, 0.6) is 5.75 Å². The van der Waals surface area contributed by atoms with Gasteiger partial charge in [-0.05, 0) is 54.7 Å². The molecule has 0 amide bonds. The Labute approximate surface area is 147 Å². The Balaban J connectivity index is 1.55. The van der Waals surface area contributed by atoms with E-state index < -0.39 is 0 Å². The van der Waals surface area contributed by atoms with E-state index in [9.17, 15) is 0 Å². The average Bonchev–Trinajstić information content (AvgIpc) is 3.27. The Bertz CT molecular complexity index is 768. The van der Waals surface area contributed by atoms with Crippen LogP contribution in [0.15, 0.2) is 28.8 Å². The summed E-state index contributed by atoms with van der Waals surface area (Å²) in [6, 6.07) is 9.55. The van der Waals surface area contributed by atoms with Crippen LogP contribution < -0.4 is 9.64 Å². The first-order valence-corrected chi connectivity index (χ1v) is 9.19. The van der Waals surface area contributed by atoms with E-state index in [1.807, 2.05) is 13.0 Å². The maximum absolute atomic E-state index is 5.46. The molecular weight excluding hydrogens is 316 g/mol. The molecule has 0 spiro atoms. The number of anilines is 1. The van der Waals surface area contributed by atoms with Crippen LogP contribution in [-0.2, 0) is 0 Å². The number of rotatable bonds is 3. The van der Waals surface area contributed by atoms with Crippen molar-refractivity contribution in [2.45, 2.75) is 37.8 Å². The third kappa shape index (κ3) is 2.34. The lowest BCUT2D eigenvalue weighted by atomic mass is 9.75. The minimum absolute atomic E-state index is 0.446. The van der Waals surface area contributed by atoms with E-state index in [0.29, 0.717) is 23.9 Å². The number of fused-ring (bicyclic) bond motifs is 2. The van der Waals surface area contributed by atoms with Crippen LogP contribution in [0.25, 0.3) is 0 Å². The predicted molar refractivity (Wildman–Crippen MR) is 94.0 cm³/mol. The topological polar surface area (TPSA) is 54.6 Å². The van der Waals surface area contributed by atoms with E-state index in [-0.39, 0.29) is 0 Å². The van der Waals surface area contributed by atoms with Crippen LogP contribution in [0.2, 0.25) is 0 Å². The minimum atomic E-state index is 0.446. The van der Waals surface area contributed by atoms with Crippen molar-refractivity contribution < 1.29 is 9.26 Å². The summed E-state index contributed by atoms with van der Waals surface area (Å²) >= 11 is 0. The lowest BCUT2D eigenvalue weighted by Crippen LogP contribution is -2.60. The number of hydrogen-bond acceptors (Lipinski definition) is 6. The van der Waals surface area contributed by atoms with Gasteiger partial charge < -0.3 is 14.2 Å². The number of nitrogens with zero attached hydrogens (tertiary/aromatic N) is 4. The molecule has 132 valence electrons. The van der Waals surface area contributed by atoms with Gasteiger partial charge in [0.15, 0.2) is 0 Å². The zero-order chi connectivity index (χ0) is 17.0. The monoisotopic (exact) mass is 340 g/mol. The van der Waals surface area contributed by atoms with Crippen molar-refractivity contribution in [2.75, 3.05) is 31.6 Å². The van der Waals surface area contributed by atoms with Crippen molar-refractivity contribution >= 4 is 5.95 Å². The number of ether oxygens (including phenoxy) is 1. The first kappa shape index (κ1) is 15.2. The van der Waals surface area contributed by atoms with Crippen LogP contribution in [0.1, 0.15) is 30.2 Å². The summed E-state index contributed by atoms with van der Waals surface area (Å²) < 4.78 is 10.7. The van der Waals surface area contributed by atoms with Crippen molar-refractivity contribution in [1.82, 2.24) is 15.0 Å². The molecule has 1 aromatic heterocycles. The van der Waals surface area contributed by atoms with Gasteiger partial charge in [-0.2, -0.15) is 4.98 Å². The van der Waals surface area contributed by atoms with Crippen molar-refractivity contribution in [3.63, 3.8) is 0 Å². The number of methoxy groups -OCH3 is 1. The minimum Gasteiger partial charge on any atom is -0.497 e. The van der Waals surface area contributed by atoms with Crippen molar-refractivity contribution in [3.8, 4) is 5.75 Å². The highest BCUT2D eigenvalue weighted by Gasteiger charge is 2.54. The first-order valence-electron chi connectivity index (χ1n) is 9.19. The van der Waals surface area contributed by atoms with Gasteiger partial charge in [-0.15, -0.1) is 0 Å². The fourth-order valence-electron chi connectivity index (χ4n) is 5.22. The fourth-order valence-corrected chi connectivity index (χ4v) is 5.22. The summed E-state index contributed by atoms with van der Waals surface area (Å²) in [7, 11) is 1.73. The molecule has 0 unspecified atom stereocenters.